The minimum Gasteiger partial charge on any atom is -0.382 e. The summed E-state index contributed by atoms with van der Waals surface area (Å²) in [5.41, 5.74) is 5.43. The van der Waals surface area contributed by atoms with Gasteiger partial charge in [0.15, 0.2) is 0 Å². The Labute approximate surface area is 337 Å². The third-order valence-electron chi connectivity index (χ3n) is 8.71. The smallest absolute Gasteiger partial charge is 0.242 e. The number of nitrogens with two attached hydrogens (primary N) is 1. The number of imide groups is 1. The van der Waals surface area contributed by atoms with Crippen molar-refractivity contribution in [3.63, 3.8) is 0 Å². The zero-order valence-electron chi connectivity index (χ0n) is 34.8. The van der Waals surface area contributed by atoms with E-state index < -0.39 is 36.2 Å². The first-order valence-electron chi connectivity index (χ1n) is 19.9. The molecule has 330 valence electrons. The van der Waals surface area contributed by atoms with Crippen LogP contribution in [0.3, 0.4) is 0 Å². The highest BCUT2D eigenvalue weighted by atomic mass is 16.6. The van der Waals surface area contributed by atoms with Gasteiger partial charge < -0.3 is 58.7 Å². The third kappa shape index (κ3) is 24.9. The van der Waals surface area contributed by atoms with E-state index in [2.05, 4.69) is 5.32 Å². The van der Waals surface area contributed by atoms with Gasteiger partial charge in [-0.1, -0.05) is 27.2 Å². The number of hydrogen-bond donors (Lipinski definition) is 2. The van der Waals surface area contributed by atoms with E-state index in [9.17, 15) is 28.8 Å². The van der Waals surface area contributed by atoms with Crippen LogP contribution in [0, 0.1) is 11.8 Å². The SMILES string of the molecule is COCCOCCOCCOCCOCCOCCOCCOCCN(C)C(=O)CN(CC(=O)NC(C(N)=O)C(C)C)C(=O)CCCCCN1C(=O)CC(C)C1=O. The normalized spacial score (nSPS) is 14.7. The van der Waals surface area contributed by atoms with Crippen LogP contribution in [0.2, 0.25) is 0 Å². The lowest BCUT2D eigenvalue weighted by atomic mass is 10.0. The molecule has 0 aromatic rings. The number of ether oxygens (including phenoxy) is 8. The summed E-state index contributed by atoms with van der Waals surface area (Å²) in [6, 6.07) is -0.934. The number of likely N-dealkylation sites (tertiary alicyclic amines) is 1. The van der Waals surface area contributed by atoms with Crippen LogP contribution < -0.4 is 11.1 Å². The molecule has 0 saturated carbocycles. The fourth-order valence-electron chi connectivity index (χ4n) is 5.33. The molecule has 6 amide bonds. The van der Waals surface area contributed by atoms with Crippen LogP contribution >= 0.6 is 0 Å². The molecule has 3 N–H and O–H groups in total. The Morgan fingerprint density at radius 3 is 1.61 bits per heavy atom. The molecular weight excluding hydrogens is 750 g/mol. The Bertz CT molecular complexity index is 1160. The lowest BCUT2D eigenvalue weighted by Gasteiger charge is -2.26. The molecule has 1 aliphatic heterocycles. The third-order valence-corrected chi connectivity index (χ3v) is 8.71. The van der Waals surface area contributed by atoms with Gasteiger partial charge in [0.2, 0.25) is 35.4 Å². The molecule has 0 radical (unpaired) electrons. The van der Waals surface area contributed by atoms with Gasteiger partial charge in [-0.05, 0) is 18.8 Å². The average molecular weight is 820 g/mol. The molecule has 19 heteroatoms. The number of unbranched alkanes of at least 4 members (excludes halogenated alkanes) is 2. The number of carbonyl (C=O) groups excluding carboxylic acids is 6. The van der Waals surface area contributed by atoms with Gasteiger partial charge in [0.1, 0.15) is 19.1 Å². The van der Waals surface area contributed by atoms with E-state index in [1.807, 2.05) is 0 Å². The molecule has 0 aromatic heterocycles. The molecule has 19 nitrogen and oxygen atoms in total. The summed E-state index contributed by atoms with van der Waals surface area (Å²) in [6.45, 7) is 11.5. The topological polar surface area (TPSA) is 224 Å². The highest BCUT2D eigenvalue weighted by Gasteiger charge is 2.35. The van der Waals surface area contributed by atoms with E-state index >= 15 is 0 Å². The second-order valence-corrected chi connectivity index (χ2v) is 13.8. The fourth-order valence-corrected chi connectivity index (χ4v) is 5.33. The second kappa shape index (κ2) is 32.6. The molecule has 0 spiro atoms. The zero-order chi connectivity index (χ0) is 42.3. The Balaban J connectivity index is 2.25. The minimum atomic E-state index is -0.934. The molecule has 1 rings (SSSR count). The van der Waals surface area contributed by atoms with Crippen molar-refractivity contribution in [2.75, 3.05) is 139 Å². The number of primary amides is 1. The van der Waals surface area contributed by atoms with Crippen LogP contribution in [-0.2, 0) is 66.7 Å². The summed E-state index contributed by atoms with van der Waals surface area (Å²) in [6.07, 6.45) is 1.79. The molecule has 0 aromatic carbocycles. The summed E-state index contributed by atoms with van der Waals surface area (Å²) in [7, 11) is 3.20. The van der Waals surface area contributed by atoms with Crippen LogP contribution in [0.25, 0.3) is 0 Å². The fraction of sp³-hybridized carbons (Fsp3) is 0.842. The first-order valence-corrected chi connectivity index (χ1v) is 19.9. The Morgan fingerprint density at radius 2 is 1.19 bits per heavy atom. The van der Waals surface area contributed by atoms with Crippen LogP contribution in [0.1, 0.15) is 52.9 Å². The van der Waals surface area contributed by atoms with Crippen LogP contribution in [0.5, 0.6) is 0 Å². The van der Waals surface area contributed by atoms with E-state index in [4.69, 9.17) is 43.6 Å². The number of carbonyl (C=O) groups is 6. The van der Waals surface area contributed by atoms with Gasteiger partial charge in [-0.3, -0.25) is 33.7 Å². The van der Waals surface area contributed by atoms with Gasteiger partial charge in [-0.2, -0.15) is 0 Å². The molecule has 1 heterocycles. The van der Waals surface area contributed by atoms with E-state index in [0.717, 1.165) is 4.90 Å². The van der Waals surface area contributed by atoms with Crippen molar-refractivity contribution in [3.8, 4) is 0 Å². The summed E-state index contributed by atoms with van der Waals surface area (Å²) in [4.78, 5) is 79.0. The molecule has 0 aliphatic carbocycles. The van der Waals surface area contributed by atoms with Crippen molar-refractivity contribution in [3.05, 3.63) is 0 Å². The van der Waals surface area contributed by atoms with Crippen molar-refractivity contribution in [1.29, 1.82) is 0 Å². The zero-order valence-corrected chi connectivity index (χ0v) is 34.8. The average Bonchev–Trinajstić information content (AvgIpc) is 3.41. The number of nitrogens with one attached hydrogen (secondary N) is 1. The summed E-state index contributed by atoms with van der Waals surface area (Å²) >= 11 is 0. The van der Waals surface area contributed by atoms with Gasteiger partial charge >= 0.3 is 0 Å². The lowest BCUT2D eigenvalue weighted by molar-refractivity contribution is -0.143. The first kappa shape index (κ1) is 51.7. The Morgan fingerprint density at radius 1 is 0.719 bits per heavy atom. The minimum absolute atomic E-state index is 0.0499. The van der Waals surface area contributed by atoms with E-state index in [1.54, 1.807) is 34.9 Å². The maximum absolute atomic E-state index is 13.2. The van der Waals surface area contributed by atoms with E-state index in [1.165, 1.54) is 9.80 Å². The number of hydrogen-bond acceptors (Lipinski definition) is 14. The Hall–Kier alpha value is -3.30. The predicted octanol–water partition coefficient (Wildman–Crippen LogP) is -0.382. The summed E-state index contributed by atoms with van der Waals surface area (Å²) in [5.74, 6) is -3.10. The van der Waals surface area contributed by atoms with Gasteiger partial charge in [-0.15, -0.1) is 0 Å². The molecule has 1 saturated heterocycles. The molecule has 57 heavy (non-hydrogen) atoms. The van der Waals surface area contributed by atoms with Crippen LogP contribution in [-0.4, -0.2) is 196 Å². The largest absolute Gasteiger partial charge is 0.382 e. The van der Waals surface area contributed by atoms with E-state index in [-0.39, 0.29) is 62.7 Å². The highest BCUT2D eigenvalue weighted by molar-refractivity contribution is 6.03. The second-order valence-electron chi connectivity index (χ2n) is 13.8. The number of amides is 6. The van der Waals surface area contributed by atoms with Crippen molar-refractivity contribution in [2.45, 2.75) is 58.9 Å². The summed E-state index contributed by atoms with van der Waals surface area (Å²) in [5, 5.41) is 2.56. The monoisotopic (exact) mass is 819 g/mol. The van der Waals surface area contributed by atoms with Crippen molar-refractivity contribution in [1.82, 2.24) is 20.0 Å². The molecule has 2 unspecified atom stereocenters. The first-order chi connectivity index (χ1) is 27.4. The number of nitrogens with zero attached hydrogens (tertiary/aromatic N) is 3. The lowest BCUT2D eigenvalue weighted by Crippen LogP contribution is -2.52. The van der Waals surface area contributed by atoms with E-state index in [0.29, 0.717) is 112 Å². The van der Waals surface area contributed by atoms with Gasteiger partial charge in [0, 0.05) is 46.0 Å². The van der Waals surface area contributed by atoms with Crippen molar-refractivity contribution in [2.24, 2.45) is 17.6 Å². The van der Waals surface area contributed by atoms with Crippen molar-refractivity contribution >= 4 is 35.4 Å². The molecular formula is C38H69N5O14. The standard InChI is InChI=1S/C38H69N5O14/c1-30(2)36(37(39)48)40-32(44)28-42(33(45)9-7-6-8-10-43-34(46)27-31(3)38(43)49)29-35(47)41(4)11-12-51-15-16-53-19-20-55-23-24-57-26-25-56-22-21-54-18-17-52-14-13-50-5/h30-31,36H,6-29H2,1-5H3,(H2,39,48)(H,40,44). The maximum atomic E-state index is 13.2. The van der Waals surface area contributed by atoms with Gasteiger partial charge in [0.05, 0.1) is 99.1 Å². The number of methoxy groups -OCH3 is 1. The molecule has 0 bridgehead atoms. The Kier molecular flexibility index (Phi) is 29.6. The van der Waals surface area contributed by atoms with Gasteiger partial charge in [0.25, 0.3) is 0 Å². The molecule has 1 aliphatic rings. The van der Waals surface area contributed by atoms with Crippen LogP contribution in [0.15, 0.2) is 0 Å². The predicted molar refractivity (Wildman–Crippen MR) is 207 cm³/mol. The summed E-state index contributed by atoms with van der Waals surface area (Å²) < 4.78 is 43.1. The highest BCUT2D eigenvalue weighted by Crippen LogP contribution is 2.19. The van der Waals surface area contributed by atoms with Crippen LogP contribution in [0.4, 0.5) is 0 Å². The molecule has 1 fully saturated rings. The quantitative estimate of drug-likeness (QED) is 0.0603. The number of rotatable bonds is 37. The van der Waals surface area contributed by atoms with Crippen molar-refractivity contribution < 1.29 is 66.7 Å². The number of likely N-dealkylation sites (N-methyl/N-ethyl adjacent to an activating group) is 1. The van der Waals surface area contributed by atoms with Gasteiger partial charge in [-0.25, -0.2) is 0 Å². The molecule has 2 atom stereocenters. The maximum Gasteiger partial charge on any atom is 0.242 e.